The van der Waals surface area contributed by atoms with Gasteiger partial charge in [0, 0.05) is 6.20 Å². The van der Waals surface area contributed by atoms with Crippen LogP contribution in [-0.2, 0) is 15.7 Å². The van der Waals surface area contributed by atoms with Crippen LogP contribution in [0.25, 0.3) is 0 Å². The molecule has 1 aromatic heterocycles. The molecule has 1 aliphatic rings. The van der Waals surface area contributed by atoms with Crippen molar-refractivity contribution in [1.82, 2.24) is 10.3 Å². The molecule has 0 spiro atoms. The zero-order valence-corrected chi connectivity index (χ0v) is 15.7. The quantitative estimate of drug-likeness (QED) is 0.833. The van der Waals surface area contributed by atoms with Crippen LogP contribution in [0.1, 0.15) is 42.3 Å². The minimum absolute atomic E-state index is 0.0293. The molecule has 1 aromatic carbocycles. The van der Waals surface area contributed by atoms with Gasteiger partial charge in [0.25, 0.3) is 0 Å². The van der Waals surface area contributed by atoms with Crippen molar-refractivity contribution in [2.24, 2.45) is 4.99 Å². The highest BCUT2D eigenvalue weighted by Gasteiger charge is 2.44. The van der Waals surface area contributed by atoms with Crippen LogP contribution in [0.3, 0.4) is 0 Å². The second-order valence-electron chi connectivity index (χ2n) is 6.33. The van der Waals surface area contributed by atoms with Crippen LogP contribution in [-0.4, -0.2) is 16.1 Å². The Labute approximate surface area is 163 Å². The summed E-state index contributed by atoms with van der Waals surface area (Å²) in [5.74, 6) is -0.359. The van der Waals surface area contributed by atoms with E-state index in [0.717, 1.165) is 17.8 Å². The maximum absolute atomic E-state index is 13.2. The molecular formula is C19H15F3N4OS. The molecule has 1 N–H and O–H groups in total. The van der Waals surface area contributed by atoms with Crippen molar-refractivity contribution in [3.63, 3.8) is 0 Å². The topological polar surface area (TPSA) is 78.1 Å². The third-order valence-electron chi connectivity index (χ3n) is 4.41. The van der Waals surface area contributed by atoms with Crippen LogP contribution in [0.15, 0.2) is 47.6 Å². The van der Waals surface area contributed by atoms with Gasteiger partial charge in [-0.2, -0.15) is 18.4 Å². The Morgan fingerprint density at radius 1 is 1.32 bits per heavy atom. The van der Waals surface area contributed by atoms with Gasteiger partial charge in [0.1, 0.15) is 16.5 Å². The van der Waals surface area contributed by atoms with E-state index in [1.54, 1.807) is 19.9 Å². The molecule has 3 rings (SSSR count). The van der Waals surface area contributed by atoms with Gasteiger partial charge in [0.2, 0.25) is 5.91 Å². The maximum atomic E-state index is 13.2. The number of alkyl halides is 3. The standard InChI is InChI=1S/C19H15F3N4OS/c1-11(14-5-3-4-6-15(14)19(20,21)22)25-17-26-16(27)18(2,28-17)12-7-8-24-13(9-12)10-23/h3-9,11H,1-2H3,(H,25,26,27). The smallest absolute Gasteiger partial charge is 0.304 e. The molecule has 5 nitrogen and oxygen atoms in total. The molecule has 0 radical (unpaired) electrons. The second kappa shape index (κ2) is 7.28. The van der Waals surface area contributed by atoms with E-state index in [9.17, 15) is 18.0 Å². The molecule has 144 valence electrons. The first-order valence-corrected chi connectivity index (χ1v) is 9.08. The predicted molar refractivity (Wildman–Crippen MR) is 99.3 cm³/mol. The number of aliphatic imine (C=N–C) groups is 1. The number of halogens is 3. The molecule has 1 fully saturated rings. The number of pyridine rings is 1. The number of hydrogen-bond acceptors (Lipinski definition) is 5. The first-order valence-electron chi connectivity index (χ1n) is 8.26. The van der Waals surface area contributed by atoms with Gasteiger partial charge in [-0.05, 0) is 43.2 Å². The number of carbonyl (C=O) groups excluding carboxylic acids is 1. The highest BCUT2D eigenvalue weighted by molar-refractivity contribution is 8.15. The van der Waals surface area contributed by atoms with Crippen LogP contribution in [0, 0.1) is 11.3 Å². The average molecular weight is 404 g/mol. The molecule has 1 aliphatic heterocycles. The molecule has 0 saturated carbocycles. The van der Waals surface area contributed by atoms with Gasteiger partial charge in [-0.15, -0.1) is 0 Å². The van der Waals surface area contributed by atoms with Crippen molar-refractivity contribution in [3.05, 3.63) is 65.0 Å². The van der Waals surface area contributed by atoms with Crippen molar-refractivity contribution in [1.29, 1.82) is 5.26 Å². The molecule has 28 heavy (non-hydrogen) atoms. The average Bonchev–Trinajstić information content (AvgIpc) is 2.95. The number of rotatable bonds is 3. The van der Waals surface area contributed by atoms with Gasteiger partial charge in [-0.1, -0.05) is 30.0 Å². The fourth-order valence-electron chi connectivity index (χ4n) is 2.88. The maximum Gasteiger partial charge on any atom is 0.416 e. The summed E-state index contributed by atoms with van der Waals surface area (Å²) in [6, 6.07) is 9.48. The molecule has 2 atom stereocenters. The Morgan fingerprint density at radius 2 is 2.04 bits per heavy atom. The number of carbonyl (C=O) groups is 1. The highest BCUT2D eigenvalue weighted by atomic mass is 32.2. The first-order chi connectivity index (χ1) is 13.1. The van der Waals surface area contributed by atoms with E-state index >= 15 is 0 Å². The molecule has 2 aromatic rings. The fourth-order valence-corrected chi connectivity index (χ4v) is 4.01. The van der Waals surface area contributed by atoms with Crippen molar-refractivity contribution >= 4 is 22.8 Å². The molecule has 1 saturated heterocycles. The third-order valence-corrected chi connectivity index (χ3v) is 5.64. The molecular weight excluding hydrogens is 389 g/mol. The number of nitrogens with zero attached hydrogens (tertiary/aromatic N) is 3. The summed E-state index contributed by atoms with van der Waals surface area (Å²) in [5, 5.41) is 11.9. The van der Waals surface area contributed by atoms with E-state index in [0.29, 0.717) is 5.56 Å². The lowest BCUT2D eigenvalue weighted by atomic mass is 10.00. The van der Waals surface area contributed by atoms with Crippen LogP contribution >= 0.6 is 11.8 Å². The van der Waals surface area contributed by atoms with Gasteiger partial charge >= 0.3 is 6.18 Å². The van der Waals surface area contributed by atoms with Crippen LogP contribution in [0.5, 0.6) is 0 Å². The number of nitriles is 1. The van der Waals surface area contributed by atoms with Gasteiger partial charge in [-0.25, -0.2) is 4.98 Å². The predicted octanol–water partition coefficient (Wildman–Crippen LogP) is 4.17. The lowest BCUT2D eigenvalue weighted by Gasteiger charge is -2.19. The van der Waals surface area contributed by atoms with E-state index in [2.05, 4.69) is 15.3 Å². The van der Waals surface area contributed by atoms with Crippen LogP contribution < -0.4 is 5.32 Å². The summed E-state index contributed by atoms with van der Waals surface area (Å²) in [4.78, 5) is 20.7. The number of amidine groups is 1. The minimum Gasteiger partial charge on any atom is -0.304 e. The number of thioether (sulfide) groups is 1. The molecule has 0 bridgehead atoms. The van der Waals surface area contributed by atoms with Crippen molar-refractivity contribution in [2.45, 2.75) is 30.8 Å². The van der Waals surface area contributed by atoms with Crippen LogP contribution in [0.2, 0.25) is 0 Å². The summed E-state index contributed by atoms with van der Waals surface area (Å²) >= 11 is 1.10. The first kappa shape index (κ1) is 19.9. The molecule has 1 amide bonds. The lowest BCUT2D eigenvalue weighted by molar-refractivity contribution is -0.138. The lowest BCUT2D eigenvalue weighted by Crippen LogP contribution is -2.31. The zero-order valence-electron chi connectivity index (χ0n) is 14.9. The molecule has 9 heteroatoms. The minimum atomic E-state index is -4.49. The SMILES string of the molecule is CC(N=C1NC(=O)C(C)(c2ccnc(C#N)c2)S1)c1ccccc1C(F)(F)F. The van der Waals surface area contributed by atoms with E-state index in [1.807, 2.05) is 6.07 Å². The number of benzene rings is 1. The Morgan fingerprint density at radius 3 is 2.71 bits per heavy atom. The van der Waals surface area contributed by atoms with Gasteiger partial charge in [0.15, 0.2) is 5.17 Å². The fraction of sp³-hybridized carbons (Fsp3) is 0.263. The van der Waals surface area contributed by atoms with Gasteiger partial charge in [0.05, 0.1) is 11.6 Å². The highest BCUT2D eigenvalue weighted by Crippen LogP contribution is 2.42. The Hall–Kier alpha value is -2.86. The van der Waals surface area contributed by atoms with E-state index < -0.39 is 22.5 Å². The molecule has 0 aliphatic carbocycles. The zero-order chi connectivity index (χ0) is 20.5. The summed E-state index contributed by atoms with van der Waals surface area (Å²) < 4.78 is 38.7. The summed E-state index contributed by atoms with van der Waals surface area (Å²) in [5.41, 5.74) is 0.0124. The summed E-state index contributed by atoms with van der Waals surface area (Å²) in [6.45, 7) is 3.21. The van der Waals surface area contributed by atoms with E-state index in [1.165, 1.54) is 30.5 Å². The normalized spacial score (nSPS) is 22.0. The Kier molecular flexibility index (Phi) is 5.17. The second-order valence-corrected chi connectivity index (χ2v) is 7.73. The van der Waals surface area contributed by atoms with Gasteiger partial charge < -0.3 is 5.32 Å². The molecule has 2 unspecified atom stereocenters. The van der Waals surface area contributed by atoms with Crippen molar-refractivity contribution in [3.8, 4) is 6.07 Å². The largest absolute Gasteiger partial charge is 0.416 e. The number of aromatic nitrogens is 1. The summed E-state index contributed by atoms with van der Waals surface area (Å²) in [7, 11) is 0. The Bertz CT molecular complexity index is 999. The number of nitrogens with one attached hydrogen (secondary N) is 1. The van der Waals surface area contributed by atoms with Crippen molar-refractivity contribution < 1.29 is 18.0 Å². The van der Waals surface area contributed by atoms with E-state index in [4.69, 9.17) is 5.26 Å². The monoisotopic (exact) mass is 404 g/mol. The molecule has 2 heterocycles. The van der Waals surface area contributed by atoms with E-state index in [-0.39, 0.29) is 22.3 Å². The third kappa shape index (κ3) is 3.73. The van der Waals surface area contributed by atoms with Crippen molar-refractivity contribution in [2.75, 3.05) is 0 Å². The van der Waals surface area contributed by atoms with Gasteiger partial charge in [-0.3, -0.25) is 9.79 Å². The summed E-state index contributed by atoms with van der Waals surface area (Å²) in [6.07, 6.45) is -3.05. The number of hydrogen-bond donors (Lipinski definition) is 1. The van der Waals surface area contributed by atoms with Crippen LogP contribution in [0.4, 0.5) is 13.2 Å². The number of amides is 1. The Balaban J connectivity index is 1.92.